The summed E-state index contributed by atoms with van der Waals surface area (Å²) >= 11 is 0. The summed E-state index contributed by atoms with van der Waals surface area (Å²) in [5.74, 6) is -1.08. The van der Waals surface area contributed by atoms with Crippen LogP contribution in [-0.4, -0.2) is 42.1 Å². The molecular formula is C13H17NO4. The molecule has 5 heteroatoms. The highest BCUT2D eigenvalue weighted by atomic mass is 16.5. The van der Waals surface area contributed by atoms with Gasteiger partial charge in [0.25, 0.3) is 5.91 Å². The lowest BCUT2D eigenvalue weighted by molar-refractivity contribution is -0.135. The first-order valence-corrected chi connectivity index (χ1v) is 5.54. The number of benzene rings is 1. The Morgan fingerprint density at radius 3 is 2.44 bits per heavy atom. The van der Waals surface area contributed by atoms with Gasteiger partial charge in [-0.1, -0.05) is 11.6 Å². The number of hydrogen-bond donors (Lipinski definition) is 1. The van der Waals surface area contributed by atoms with Crippen molar-refractivity contribution in [2.45, 2.75) is 20.0 Å². The van der Waals surface area contributed by atoms with Crippen molar-refractivity contribution in [3.63, 3.8) is 0 Å². The van der Waals surface area contributed by atoms with Crippen LogP contribution in [0.4, 0.5) is 0 Å². The monoisotopic (exact) mass is 251 g/mol. The summed E-state index contributed by atoms with van der Waals surface area (Å²) in [5.41, 5.74) is 0.889. The highest BCUT2D eigenvalue weighted by Gasteiger charge is 2.19. The summed E-state index contributed by atoms with van der Waals surface area (Å²) in [5, 5.41) is 9.08. The minimum atomic E-state index is -1.07. The Balaban J connectivity index is 2.97. The van der Waals surface area contributed by atoms with Crippen LogP contribution in [0, 0.1) is 6.92 Å². The van der Waals surface area contributed by atoms with Gasteiger partial charge in [-0.2, -0.15) is 0 Å². The van der Waals surface area contributed by atoms with E-state index >= 15 is 0 Å². The second kappa shape index (κ2) is 5.53. The third-order valence-corrected chi connectivity index (χ3v) is 2.46. The van der Waals surface area contributed by atoms with Crippen molar-refractivity contribution < 1.29 is 19.4 Å². The van der Waals surface area contributed by atoms with Crippen molar-refractivity contribution in [1.82, 2.24) is 4.90 Å². The van der Waals surface area contributed by atoms with Crippen LogP contribution in [-0.2, 0) is 4.79 Å². The molecule has 18 heavy (non-hydrogen) atoms. The van der Waals surface area contributed by atoms with Gasteiger partial charge in [-0.3, -0.25) is 4.79 Å². The third-order valence-electron chi connectivity index (χ3n) is 2.46. The molecule has 0 heterocycles. The predicted molar refractivity (Wildman–Crippen MR) is 66.9 cm³/mol. The molecule has 1 rings (SSSR count). The number of aromatic carboxylic acids is 1. The van der Waals surface area contributed by atoms with Crippen molar-refractivity contribution in [2.24, 2.45) is 0 Å². The average molecular weight is 251 g/mol. The van der Waals surface area contributed by atoms with Crippen molar-refractivity contribution >= 4 is 11.9 Å². The van der Waals surface area contributed by atoms with Gasteiger partial charge in [0.1, 0.15) is 11.3 Å². The maximum Gasteiger partial charge on any atom is 0.339 e. The molecule has 5 nitrogen and oxygen atoms in total. The quantitative estimate of drug-likeness (QED) is 0.881. The Morgan fingerprint density at radius 1 is 1.33 bits per heavy atom. The molecule has 0 fully saturated rings. The normalized spacial score (nSPS) is 11.8. The number of likely N-dealkylation sites (N-methyl/N-ethyl adjacent to an activating group) is 1. The molecule has 0 saturated heterocycles. The van der Waals surface area contributed by atoms with Crippen LogP contribution in [0.15, 0.2) is 18.2 Å². The molecular weight excluding hydrogens is 234 g/mol. The van der Waals surface area contributed by atoms with E-state index in [-0.39, 0.29) is 17.2 Å². The largest absolute Gasteiger partial charge is 0.480 e. The first kappa shape index (κ1) is 14.0. The lowest BCUT2D eigenvalue weighted by atomic mass is 10.1. The van der Waals surface area contributed by atoms with E-state index in [2.05, 4.69) is 0 Å². The van der Waals surface area contributed by atoms with Crippen LogP contribution in [0.25, 0.3) is 0 Å². The molecule has 1 unspecified atom stereocenters. The summed E-state index contributed by atoms with van der Waals surface area (Å²) in [4.78, 5) is 24.1. The zero-order valence-corrected chi connectivity index (χ0v) is 10.9. The van der Waals surface area contributed by atoms with E-state index in [0.29, 0.717) is 0 Å². The van der Waals surface area contributed by atoms with Gasteiger partial charge in [0.15, 0.2) is 6.10 Å². The van der Waals surface area contributed by atoms with Gasteiger partial charge in [0.05, 0.1) is 0 Å². The second-order valence-electron chi connectivity index (χ2n) is 4.30. The molecule has 1 atom stereocenters. The molecule has 1 aromatic carbocycles. The van der Waals surface area contributed by atoms with Gasteiger partial charge in [-0.15, -0.1) is 0 Å². The summed E-state index contributed by atoms with van der Waals surface area (Å²) in [6.07, 6.45) is -0.721. The fraction of sp³-hybridized carbons (Fsp3) is 0.385. The van der Waals surface area contributed by atoms with Gasteiger partial charge in [0, 0.05) is 14.1 Å². The molecule has 0 aliphatic carbocycles. The van der Waals surface area contributed by atoms with Crippen LogP contribution < -0.4 is 4.74 Å². The van der Waals surface area contributed by atoms with Crippen molar-refractivity contribution in [1.29, 1.82) is 0 Å². The number of carbonyl (C=O) groups is 2. The highest BCUT2D eigenvalue weighted by molar-refractivity contribution is 5.91. The molecule has 0 aliphatic heterocycles. The van der Waals surface area contributed by atoms with Gasteiger partial charge in [0.2, 0.25) is 0 Å². The van der Waals surface area contributed by atoms with Gasteiger partial charge >= 0.3 is 5.97 Å². The second-order valence-corrected chi connectivity index (χ2v) is 4.30. The number of aryl methyl sites for hydroxylation is 1. The average Bonchev–Trinajstić information content (AvgIpc) is 2.29. The SMILES string of the molecule is Cc1ccc(OC(C)C(=O)N(C)C)c(C(=O)O)c1. The van der Waals surface area contributed by atoms with E-state index in [9.17, 15) is 9.59 Å². The zero-order chi connectivity index (χ0) is 13.9. The third kappa shape index (κ3) is 3.23. The van der Waals surface area contributed by atoms with E-state index in [1.807, 2.05) is 0 Å². The minimum absolute atomic E-state index is 0.0633. The zero-order valence-electron chi connectivity index (χ0n) is 10.9. The van der Waals surface area contributed by atoms with Crippen molar-refractivity contribution in [3.8, 4) is 5.75 Å². The first-order chi connectivity index (χ1) is 8.32. The maximum atomic E-state index is 11.6. The smallest absolute Gasteiger partial charge is 0.339 e. The number of carboxylic acid groups (broad SMARTS) is 1. The van der Waals surface area contributed by atoms with Crippen molar-refractivity contribution in [2.75, 3.05) is 14.1 Å². The number of nitrogens with zero attached hydrogens (tertiary/aromatic N) is 1. The summed E-state index contributed by atoms with van der Waals surface area (Å²) in [6, 6.07) is 4.83. The standard InChI is InChI=1S/C13H17NO4/c1-8-5-6-11(10(7-8)13(16)17)18-9(2)12(15)14(3)4/h5-7,9H,1-4H3,(H,16,17). The van der Waals surface area contributed by atoms with E-state index < -0.39 is 12.1 Å². The van der Waals surface area contributed by atoms with Crippen LogP contribution in [0.5, 0.6) is 5.75 Å². The summed E-state index contributed by atoms with van der Waals surface area (Å²) in [6.45, 7) is 3.39. The number of ether oxygens (including phenoxy) is 1. The number of carbonyl (C=O) groups excluding carboxylic acids is 1. The fourth-order valence-electron chi connectivity index (χ4n) is 1.52. The summed E-state index contributed by atoms with van der Waals surface area (Å²) in [7, 11) is 3.24. The Labute approximate surface area is 106 Å². The minimum Gasteiger partial charge on any atom is -0.480 e. The van der Waals surface area contributed by atoms with Crippen LogP contribution in [0.1, 0.15) is 22.8 Å². The van der Waals surface area contributed by atoms with Gasteiger partial charge in [-0.05, 0) is 26.0 Å². The van der Waals surface area contributed by atoms with Crippen molar-refractivity contribution in [3.05, 3.63) is 29.3 Å². The maximum absolute atomic E-state index is 11.6. The van der Waals surface area contributed by atoms with E-state index in [0.717, 1.165) is 5.56 Å². The van der Waals surface area contributed by atoms with Gasteiger partial charge in [-0.25, -0.2) is 4.79 Å². The van der Waals surface area contributed by atoms with Crippen LogP contribution in [0.3, 0.4) is 0 Å². The predicted octanol–water partition coefficient (Wildman–Crippen LogP) is 1.55. The lowest BCUT2D eigenvalue weighted by Crippen LogP contribution is -2.35. The highest BCUT2D eigenvalue weighted by Crippen LogP contribution is 2.21. The molecule has 0 spiro atoms. The van der Waals surface area contributed by atoms with Crippen LogP contribution in [0.2, 0.25) is 0 Å². The number of rotatable bonds is 4. The molecule has 1 amide bonds. The topological polar surface area (TPSA) is 66.8 Å². The Morgan fingerprint density at radius 2 is 1.94 bits per heavy atom. The Kier molecular flexibility index (Phi) is 4.31. The van der Waals surface area contributed by atoms with E-state index in [1.165, 1.54) is 11.0 Å². The molecule has 0 radical (unpaired) electrons. The molecule has 1 aromatic rings. The number of amides is 1. The molecule has 0 saturated carbocycles. The number of hydrogen-bond acceptors (Lipinski definition) is 3. The molecule has 0 aliphatic rings. The Bertz CT molecular complexity index is 468. The molecule has 0 bridgehead atoms. The molecule has 0 aromatic heterocycles. The molecule has 1 N–H and O–H groups in total. The van der Waals surface area contributed by atoms with Gasteiger partial charge < -0.3 is 14.7 Å². The summed E-state index contributed by atoms with van der Waals surface area (Å²) < 4.78 is 5.41. The fourth-order valence-corrected chi connectivity index (χ4v) is 1.52. The van der Waals surface area contributed by atoms with Crippen LogP contribution >= 0.6 is 0 Å². The number of carboxylic acids is 1. The lowest BCUT2D eigenvalue weighted by Gasteiger charge is -2.19. The van der Waals surface area contributed by atoms with E-state index in [1.54, 1.807) is 40.1 Å². The first-order valence-electron chi connectivity index (χ1n) is 5.54. The Hall–Kier alpha value is -2.04. The van der Waals surface area contributed by atoms with E-state index in [4.69, 9.17) is 9.84 Å². The molecule has 98 valence electrons.